The molecule has 1 aliphatic heterocycles. The molecule has 0 bridgehead atoms. The molecule has 24 heavy (non-hydrogen) atoms. The smallest absolute Gasteiger partial charge is 0.222 e. The van der Waals surface area contributed by atoms with Gasteiger partial charge in [-0.25, -0.2) is 0 Å². The third-order valence-corrected chi connectivity index (χ3v) is 5.40. The molecule has 1 aliphatic carbocycles. The minimum Gasteiger partial charge on any atom is -0.390 e. The van der Waals surface area contributed by atoms with Gasteiger partial charge in [0.15, 0.2) is 0 Å². The lowest BCUT2D eigenvalue weighted by atomic mass is 9.87. The first-order valence-corrected chi connectivity index (χ1v) is 9.44. The minimum absolute atomic E-state index is 0.197. The van der Waals surface area contributed by atoms with E-state index in [1.54, 1.807) is 0 Å². The van der Waals surface area contributed by atoms with Crippen molar-refractivity contribution in [3.63, 3.8) is 0 Å². The van der Waals surface area contributed by atoms with E-state index in [-0.39, 0.29) is 5.91 Å². The van der Waals surface area contributed by atoms with Crippen molar-refractivity contribution < 1.29 is 9.90 Å². The van der Waals surface area contributed by atoms with Crippen molar-refractivity contribution in [3.05, 3.63) is 35.4 Å². The number of carbonyl (C=O) groups is 1. The van der Waals surface area contributed by atoms with Crippen LogP contribution in [0.3, 0.4) is 0 Å². The number of amides is 1. The van der Waals surface area contributed by atoms with Crippen LogP contribution in [0.15, 0.2) is 24.3 Å². The summed E-state index contributed by atoms with van der Waals surface area (Å²) in [5, 5.41) is 10.5. The number of hydrogen-bond acceptors (Lipinski definition) is 3. The van der Waals surface area contributed by atoms with Crippen molar-refractivity contribution in [2.45, 2.75) is 57.6 Å². The molecule has 1 aromatic rings. The molecule has 0 spiro atoms. The fraction of sp³-hybridized carbons (Fsp3) is 0.650. The van der Waals surface area contributed by atoms with Crippen molar-refractivity contribution in [2.24, 2.45) is 0 Å². The van der Waals surface area contributed by atoms with Crippen LogP contribution in [-0.4, -0.2) is 59.1 Å². The second-order valence-electron chi connectivity index (χ2n) is 7.26. The van der Waals surface area contributed by atoms with E-state index in [0.29, 0.717) is 25.6 Å². The van der Waals surface area contributed by atoms with Gasteiger partial charge in [0.1, 0.15) is 0 Å². The Morgan fingerprint density at radius 1 is 1.29 bits per heavy atom. The lowest BCUT2D eigenvalue weighted by molar-refractivity contribution is -0.129. The highest BCUT2D eigenvalue weighted by Gasteiger charge is 2.27. The number of aryl methyl sites for hydroxylation is 1. The SMILES string of the molecule is CCCN(CC(O)CN1CCCC1=O)C1CCc2ccccc2C1. The summed E-state index contributed by atoms with van der Waals surface area (Å²) in [6.45, 7) is 5.17. The maximum atomic E-state index is 11.8. The molecule has 0 saturated carbocycles. The molecular weight excluding hydrogens is 300 g/mol. The summed E-state index contributed by atoms with van der Waals surface area (Å²) in [7, 11) is 0. The quantitative estimate of drug-likeness (QED) is 0.834. The summed E-state index contributed by atoms with van der Waals surface area (Å²) in [4.78, 5) is 16.0. The van der Waals surface area contributed by atoms with Crippen molar-refractivity contribution in [2.75, 3.05) is 26.2 Å². The van der Waals surface area contributed by atoms with Gasteiger partial charge in [0.05, 0.1) is 6.10 Å². The Bertz CT molecular complexity index is 560. The van der Waals surface area contributed by atoms with Crippen LogP contribution in [0.1, 0.15) is 43.7 Å². The monoisotopic (exact) mass is 330 g/mol. The molecule has 3 rings (SSSR count). The van der Waals surface area contributed by atoms with Gasteiger partial charge >= 0.3 is 0 Å². The Morgan fingerprint density at radius 3 is 2.79 bits per heavy atom. The normalized spacial score (nSPS) is 22.0. The maximum absolute atomic E-state index is 11.8. The first kappa shape index (κ1) is 17.4. The van der Waals surface area contributed by atoms with Crippen LogP contribution in [0.4, 0.5) is 0 Å². The number of rotatable bonds is 7. The van der Waals surface area contributed by atoms with Gasteiger partial charge in [-0.3, -0.25) is 9.69 Å². The minimum atomic E-state index is -0.448. The van der Waals surface area contributed by atoms with E-state index < -0.39 is 6.10 Å². The predicted octanol–water partition coefficient (Wildman–Crippen LogP) is 2.24. The highest BCUT2D eigenvalue weighted by atomic mass is 16.3. The predicted molar refractivity (Wildman–Crippen MR) is 95.9 cm³/mol. The van der Waals surface area contributed by atoms with E-state index in [4.69, 9.17) is 0 Å². The van der Waals surface area contributed by atoms with Crippen LogP contribution >= 0.6 is 0 Å². The lowest BCUT2D eigenvalue weighted by Gasteiger charge is -2.36. The number of aliphatic hydroxyl groups excluding tert-OH is 1. The van der Waals surface area contributed by atoms with Crippen molar-refractivity contribution in [1.82, 2.24) is 9.80 Å². The molecule has 2 unspecified atom stereocenters. The van der Waals surface area contributed by atoms with E-state index >= 15 is 0 Å². The van der Waals surface area contributed by atoms with Gasteiger partial charge < -0.3 is 10.0 Å². The first-order valence-electron chi connectivity index (χ1n) is 9.44. The molecule has 2 aliphatic rings. The van der Waals surface area contributed by atoms with Gasteiger partial charge in [-0.1, -0.05) is 31.2 Å². The molecule has 4 heteroatoms. The van der Waals surface area contributed by atoms with Crippen molar-refractivity contribution >= 4 is 5.91 Å². The number of carbonyl (C=O) groups excluding carboxylic acids is 1. The summed E-state index contributed by atoms with van der Waals surface area (Å²) in [5.41, 5.74) is 2.94. The first-order chi connectivity index (χ1) is 11.7. The third-order valence-electron chi connectivity index (χ3n) is 5.40. The second-order valence-corrected chi connectivity index (χ2v) is 7.26. The summed E-state index contributed by atoms with van der Waals surface area (Å²) < 4.78 is 0. The standard InChI is InChI=1S/C20H30N2O2/c1-2-11-21(14-19(23)15-22-12-5-8-20(22)24)18-10-9-16-6-3-4-7-17(16)13-18/h3-4,6-7,18-19,23H,2,5,8-15H2,1H3. The molecule has 0 radical (unpaired) electrons. The zero-order chi connectivity index (χ0) is 16.9. The average Bonchev–Trinajstić information content (AvgIpc) is 2.99. The number of nitrogens with zero attached hydrogens (tertiary/aromatic N) is 2. The Kier molecular flexibility index (Phi) is 5.90. The zero-order valence-electron chi connectivity index (χ0n) is 14.8. The highest BCUT2D eigenvalue weighted by Crippen LogP contribution is 2.25. The Balaban J connectivity index is 1.59. The molecular formula is C20H30N2O2. The van der Waals surface area contributed by atoms with E-state index in [2.05, 4.69) is 36.1 Å². The topological polar surface area (TPSA) is 43.8 Å². The number of benzene rings is 1. The van der Waals surface area contributed by atoms with Crippen LogP contribution in [0.2, 0.25) is 0 Å². The molecule has 1 aromatic carbocycles. The Morgan fingerprint density at radius 2 is 2.08 bits per heavy atom. The molecule has 1 saturated heterocycles. The molecule has 132 valence electrons. The van der Waals surface area contributed by atoms with Crippen LogP contribution in [0.25, 0.3) is 0 Å². The van der Waals surface area contributed by atoms with Crippen molar-refractivity contribution in [1.29, 1.82) is 0 Å². The van der Waals surface area contributed by atoms with Gasteiger partial charge in [-0.2, -0.15) is 0 Å². The molecule has 2 atom stereocenters. The maximum Gasteiger partial charge on any atom is 0.222 e. The number of β-amino-alcohol motifs (C(OH)–C–C–N with tert-alkyl or cyclic N) is 1. The second kappa shape index (κ2) is 8.13. The zero-order valence-corrected chi connectivity index (χ0v) is 14.8. The van der Waals surface area contributed by atoms with Gasteiger partial charge in [0, 0.05) is 32.1 Å². The molecule has 1 heterocycles. The molecule has 1 N–H and O–H groups in total. The van der Waals surface area contributed by atoms with Crippen LogP contribution < -0.4 is 0 Å². The summed E-state index contributed by atoms with van der Waals surface area (Å²) in [5.74, 6) is 0.197. The summed E-state index contributed by atoms with van der Waals surface area (Å²) >= 11 is 0. The third kappa shape index (κ3) is 4.17. The summed E-state index contributed by atoms with van der Waals surface area (Å²) in [6, 6.07) is 9.23. The highest BCUT2D eigenvalue weighted by molar-refractivity contribution is 5.78. The number of hydrogen-bond donors (Lipinski definition) is 1. The molecule has 4 nitrogen and oxygen atoms in total. The van der Waals surface area contributed by atoms with Gasteiger partial charge in [0.25, 0.3) is 0 Å². The van der Waals surface area contributed by atoms with E-state index in [1.165, 1.54) is 11.1 Å². The fourth-order valence-electron chi connectivity index (χ4n) is 4.18. The van der Waals surface area contributed by atoms with E-state index in [1.807, 2.05) is 4.90 Å². The molecule has 0 aromatic heterocycles. The van der Waals surface area contributed by atoms with Crippen LogP contribution in [0.5, 0.6) is 0 Å². The fourth-order valence-corrected chi connectivity index (χ4v) is 4.18. The Labute approximate surface area is 145 Å². The number of likely N-dealkylation sites (tertiary alicyclic amines) is 1. The molecule has 1 amide bonds. The van der Waals surface area contributed by atoms with Gasteiger partial charge in [-0.05, 0) is 49.8 Å². The molecule has 1 fully saturated rings. The average molecular weight is 330 g/mol. The lowest BCUT2D eigenvalue weighted by Crippen LogP contribution is -2.46. The van der Waals surface area contributed by atoms with Gasteiger partial charge in [0.2, 0.25) is 5.91 Å². The number of aliphatic hydroxyl groups is 1. The van der Waals surface area contributed by atoms with Crippen LogP contribution in [-0.2, 0) is 17.6 Å². The summed E-state index contributed by atoms with van der Waals surface area (Å²) in [6.07, 6.45) is 5.58. The largest absolute Gasteiger partial charge is 0.390 e. The van der Waals surface area contributed by atoms with E-state index in [9.17, 15) is 9.90 Å². The number of fused-ring (bicyclic) bond motifs is 1. The van der Waals surface area contributed by atoms with Crippen molar-refractivity contribution in [3.8, 4) is 0 Å². The van der Waals surface area contributed by atoms with Gasteiger partial charge in [-0.15, -0.1) is 0 Å². The van der Waals surface area contributed by atoms with Crippen LogP contribution in [0, 0.1) is 0 Å². The Hall–Kier alpha value is -1.39. The van der Waals surface area contributed by atoms with E-state index in [0.717, 1.165) is 45.2 Å².